The Hall–Kier alpha value is -4.12. The molecule has 6 heterocycles. The molecule has 18 heteroatoms. The van der Waals surface area contributed by atoms with Crippen molar-refractivity contribution < 1.29 is 46.1 Å². The highest BCUT2D eigenvalue weighted by Gasteiger charge is 2.54. The van der Waals surface area contributed by atoms with E-state index in [1.165, 1.54) is 0 Å². The van der Waals surface area contributed by atoms with Crippen molar-refractivity contribution in [2.45, 2.75) is 114 Å². The predicted octanol–water partition coefficient (Wildman–Crippen LogP) is 5.59. The highest BCUT2D eigenvalue weighted by Crippen LogP contribution is 2.53. The van der Waals surface area contributed by atoms with Crippen LogP contribution in [0.4, 0.5) is 49.9 Å². The van der Waals surface area contributed by atoms with Gasteiger partial charge in [0.2, 0.25) is 11.9 Å². The van der Waals surface area contributed by atoms with Gasteiger partial charge in [-0.05, 0) is 70.6 Å². The van der Waals surface area contributed by atoms with Crippen LogP contribution in [0.15, 0.2) is 0 Å². The van der Waals surface area contributed by atoms with Gasteiger partial charge in [0.1, 0.15) is 11.6 Å². The molecule has 12 nitrogen and oxygen atoms in total. The van der Waals surface area contributed by atoms with Crippen LogP contribution in [-0.2, 0) is 28.4 Å². The van der Waals surface area contributed by atoms with Crippen LogP contribution in [0.3, 0.4) is 0 Å². The SMILES string of the molecule is C[C@H]1CCN1c1nc2c(c(C(F)(F)F)n1)C(C1CN(c3nc4c(c(C(F)(F)F)n3)CCN4[C@@H]3CC[C@@H](CC(=O)O)C3)[C@H]1C)CN2[C@H]1C[C@H](CC(=O)O)C1. The summed E-state index contributed by atoms with van der Waals surface area (Å²) >= 11 is 0. The van der Waals surface area contributed by atoms with E-state index in [4.69, 9.17) is 4.98 Å². The zero-order valence-corrected chi connectivity index (χ0v) is 29.4. The molecule has 8 rings (SSSR count). The summed E-state index contributed by atoms with van der Waals surface area (Å²) in [4.78, 5) is 47.3. The van der Waals surface area contributed by atoms with E-state index in [1.807, 2.05) is 16.7 Å². The van der Waals surface area contributed by atoms with E-state index in [2.05, 4.69) is 15.0 Å². The van der Waals surface area contributed by atoms with Crippen LogP contribution >= 0.6 is 0 Å². The average molecular weight is 753 g/mol. The summed E-state index contributed by atoms with van der Waals surface area (Å²) in [5, 5.41) is 18.6. The van der Waals surface area contributed by atoms with E-state index in [1.54, 1.807) is 16.7 Å². The molecule has 0 aromatic carbocycles. The first kappa shape index (κ1) is 35.9. The lowest BCUT2D eigenvalue weighted by molar-refractivity contribution is -0.142. The molecular formula is C35H42F6N8O4. The molecule has 2 aliphatic carbocycles. The summed E-state index contributed by atoms with van der Waals surface area (Å²) in [6, 6.07) is -0.893. The van der Waals surface area contributed by atoms with Gasteiger partial charge in [0.05, 0.1) is 0 Å². The number of anilines is 4. The Kier molecular flexibility index (Phi) is 8.63. The number of rotatable bonds is 9. The molecule has 6 atom stereocenters. The molecule has 4 fully saturated rings. The molecule has 2 aromatic heterocycles. The minimum Gasteiger partial charge on any atom is -0.481 e. The van der Waals surface area contributed by atoms with Crippen molar-refractivity contribution in [1.29, 1.82) is 0 Å². The summed E-state index contributed by atoms with van der Waals surface area (Å²) < 4.78 is 88.2. The van der Waals surface area contributed by atoms with Crippen molar-refractivity contribution >= 4 is 35.5 Å². The number of hydrogen-bond acceptors (Lipinski definition) is 10. The number of aliphatic carboxylic acids is 2. The zero-order chi connectivity index (χ0) is 37.7. The molecule has 2 saturated heterocycles. The second-order valence-electron chi connectivity index (χ2n) is 15.9. The number of carbonyl (C=O) groups is 2. The van der Waals surface area contributed by atoms with Crippen LogP contribution < -0.4 is 19.6 Å². The van der Waals surface area contributed by atoms with Gasteiger partial charge in [-0.3, -0.25) is 9.59 Å². The molecule has 53 heavy (non-hydrogen) atoms. The Balaban J connectivity index is 1.10. The van der Waals surface area contributed by atoms with Crippen LogP contribution in [0.5, 0.6) is 0 Å². The largest absolute Gasteiger partial charge is 0.481 e. The van der Waals surface area contributed by atoms with Crippen LogP contribution in [-0.4, -0.2) is 92.4 Å². The van der Waals surface area contributed by atoms with Gasteiger partial charge in [-0.15, -0.1) is 0 Å². The monoisotopic (exact) mass is 752 g/mol. The van der Waals surface area contributed by atoms with Gasteiger partial charge in [0, 0.05) is 86.2 Å². The second kappa shape index (κ2) is 12.7. The molecule has 4 aliphatic heterocycles. The van der Waals surface area contributed by atoms with Gasteiger partial charge in [0.25, 0.3) is 0 Å². The third-order valence-corrected chi connectivity index (χ3v) is 12.7. The molecule has 0 radical (unpaired) electrons. The fourth-order valence-corrected chi connectivity index (χ4v) is 9.71. The quantitative estimate of drug-likeness (QED) is 0.309. The fourth-order valence-electron chi connectivity index (χ4n) is 9.71. The molecule has 2 unspecified atom stereocenters. The zero-order valence-electron chi connectivity index (χ0n) is 29.4. The number of fused-ring (bicyclic) bond motifs is 2. The number of halogens is 6. The highest BCUT2D eigenvalue weighted by atomic mass is 19.4. The molecule has 6 aliphatic rings. The van der Waals surface area contributed by atoms with Crippen LogP contribution in [0.1, 0.15) is 93.6 Å². The molecule has 0 amide bonds. The molecule has 0 spiro atoms. The third kappa shape index (κ3) is 6.26. The maximum atomic E-state index is 14.9. The summed E-state index contributed by atoms with van der Waals surface area (Å²) in [5.41, 5.74) is -2.02. The molecule has 2 N–H and O–H groups in total. The first-order valence-corrected chi connectivity index (χ1v) is 18.4. The molecule has 2 aromatic rings. The average Bonchev–Trinajstić information content (AvgIpc) is 3.76. The number of carboxylic acids is 2. The topological polar surface area (TPSA) is 139 Å². The standard InChI is InChI=1S/C35H42F6N8O4/c1-16-5-7-46(16)32-43-29(35(39,40)41)27-24(15-49(31(27)45-32)21-10-19(11-21)13-26(52)53)23-14-48(17(23)2)33-42-28(34(36,37)38)22-6-8-47(30(22)44-33)20-4-3-18(9-20)12-25(50)51/h16-21,23-24H,3-15H2,1-2H3,(H,50,51)(H,52,53)/t16-,17-,18+,19-,20+,21-,23?,24?/m0/s1. The van der Waals surface area contributed by atoms with E-state index >= 15 is 0 Å². The highest BCUT2D eigenvalue weighted by molar-refractivity contribution is 5.68. The lowest BCUT2D eigenvalue weighted by Gasteiger charge is -2.50. The minimum absolute atomic E-state index is 0.00211. The van der Waals surface area contributed by atoms with Crippen molar-refractivity contribution in [1.82, 2.24) is 19.9 Å². The molecule has 288 valence electrons. The second-order valence-corrected chi connectivity index (χ2v) is 15.9. The first-order valence-electron chi connectivity index (χ1n) is 18.4. The van der Waals surface area contributed by atoms with E-state index < -0.39 is 53.6 Å². The summed E-state index contributed by atoms with van der Waals surface area (Å²) in [6.45, 7) is 4.82. The Morgan fingerprint density at radius 3 is 1.92 bits per heavy atom. The van der Waals surface area contributed by atoms with Crippen LogP contribution in [0.25, 0.3) is 0 Å². The maximum Gasteiger partial charge on any atom is 0.433 e. The Bertz CT molecular complexity index is 1800. The first-order chi connectivity index (χ1) is 25.0. The van der Waals surface area contributed by atoms with E-state index in [9.17, 15) is 46.1 Å². The normalized spacial score (nSPS) is 30.9. The van der Waals surface area contributed by atoms with Crippen molar-refractivity contribution in [2.24, 2.45) is 17.8 Å². The van der Waals surface area contributed by atoms with Crippen molar-refractivity contribution in [3.8, 4) is 0 Å². The van der Waals surface area contributed by atoms with Gasteiger partial charge < -0.3 is 29.8 Å². The van der Waals surface area contributed by atoms with E-state index in [0.29, 0.717) is 45.2 Å². The van der Waals surface area contributed by atoms with Crippen LogP contribution in [0.2, 0.25) is 0 Å². The van der Waals surface area contributed by atoms with Crippen molar-refractivity contribution in [3.05, 3.63) is 22.5 Å². The molecule has 2 saturated carbocycles. The van der Waals surface area contributed by atoms with Gasteiger partial charge in [-0.2, -0.15) is 36.3 Å². The number of carboxylic acid groups (broad SMARTS) is 2. The maximum absolute atomic E-state index is 14.9. The van der Waals surface area contributed by atoms with Gasteiger partial charge in [-0.1, -0.05) is 0 Å². The Morgan fingerprint density at radius 1 is 0.698 bits per heavy atom. The number of alkyl halides is 6. The van der Waals surface area contributed by atoms with Crippen molar-refractivity contribution in [3.63, 3.8) is 0 Å². The summed E-state index contributed by atoms with van der Waals surface area (Å²) in [5.74, 6) is -2.83. The van der Waals surface area contributed by atoms with E-state index in [-0.39, 0.29) is 97.0 Å². The smallest absolute Gasteiger partial charge is 0.433 e. The Morgan fingerprint density at radius 2 is 1.32 bits per heavy atom. The lowest BCUT2D eigenvalue weighted by Crippen LogP contribution is -2.58. The van der Waals surface area contributed by atoms with Crippen molar-refractivity contribution in [2.75, 3.05) is 45.8 Å². The van der Waals surface area contributed by atoms with Crippen LogP contribution in [0, 0.1) is 17.8 Å². The third-order valence-electron chi connectivity index (χ3n) is 12.7. The number of hydrogen-bond donors (Lipinski definition) is 2. The summed E-state index contributed by atoms with van der Waals surface area (Å²) in [7, 11) is 0. The van der Waals surface area contributed by atoms with Gasteiger partial charge in [-0.25, -0.2) is 9.97 Å². The van der Waals surface area contributed by atoms with E-state index in [0.717, 1.165) is 6.42 Å². The van der Waals surface area contributed by atoms with Gasteiger partial charge >= 0.3 is 24.3 Å². The number of nitrogens with zero attached hydrogens (tertiary/aromatic N) is 8. The molecule has 0 bridgehead atoms. The summed E-state index contributed by atoms with van der Waals surface area (Å²) in [6.07, 6.45) is -5.84. The predicted molar refractivity (Wildman–Crippen MR) is 179 cm³/mol. The fraction of sp³-hybridized carbons (Fsp3) is 0.714. The lowest BCUT2D eigenvalue weighted by atomic mass is 9.75. The van der Waals surface area contributed by atoms with Gasteiger partial charge in [0.15, 0.2) is 11.4 Å². The number of aromatic nitrogens is 4. The minimum atomic E-state index is -4.79. The molecular weight excluding hydrogens is 710 g/mol. The Labute approximate surface area is 301 Å².